The van der Waals surface area contributed by atoms with E-state index >= 15 is 0 Å². The molecule has 1 fully saturated rings. The zero-order valence-corrected chi connectivity index (χ0v) is 9.34. The number of ether oxygens (including phenoxy) is 1. The van der Waals surface area contributed by atoms with E-state index in [1.165, 1.54) is 0 Å². The number of rotatable bonds is 6. The van der Waals surface area contributed by atoms with E-state index in [2.05, 4.69) is 0 Å². The van der Waals surface area contributed by atoms with Gasteiger partial charge in [-0.1, -0.05) is 0 Å². The van der Waals surface area contributed by atoms with Crippen LogP contribution in [0, 0.1) is 0 Å². The molecule has 96 valence electrons. The fourth-order valence-electron chi connectivity index (χ4n) is 1.41. The van der Waals surface area contributed by atoms with Crippen molar-refractivity contribution in [2.75, 3.05) is 25.6 Å². The summed E-state index contributed by atoms with van der Waals surface area (Å²) in [5.41, 5.74) is 0. The van der Waals surface area contributed by atoms with E-state index in [1.54, 1.807) is 0 Å². The van der Waals surface area contributed by atoms with E-state index in [9.17, 15) is 10.2 Å². The molecule has 1 saturated heterocycles. The molecule has 1 heterocycles. The predicted molar refractivity (Wildman–Crippen MR) is 54.4 cm³/mol. The van der Waals surface area contributed by atoms with Crippen LogP contribution in [-0.4, -0.2) is 75.2 Å². The zero-order chi connectivity index (χ0) is 12.2. The SMILES string of the molecule is OCCSO[C@@]1(CO)O[C@H](CO)[C@@H](O)[C@@H]1O. The molecule has 0 bridgehead atoms. The summed E-state index contributed by atoms with van der Waals surface area (Å²) in [6, 6.07) is 0. The smallest absolute Gasteiger partial charge is 0.233 e. The molecule has 5 N–H and O–H groups in total. The zero-order valence-electron chi connectivity index (χ0n) is 8.52. The minimum Gasteiger partial charge on any atom is -0.395 e. The predicted octanol–water partition coefficient (Wildman–Crippen LogP) is -2.55. The summed E-state index contributed by atoms with van der Waals surface area (Å²) < 4.78 is 10.2. The molecule has 0 spiro atoms. The van der Waals surface area contributed by atoms with Crippen molar-refractivity contribution in [3.63, 3.8) is 0 Å². The van der Waals surface area contributed by atoms with Crippen molar-refractivity contribution in [2.24, 2.45) is 0 Å². The van der Waals surface area contributed by atoms with Crippen molar-refractivity contribution in [3.8, 4) is 0 Å². The van der Waals surface area contributed by atoms with Crippen molar-refractivity contribution in [2.45, 2.75) is 24.1 Å². The molecule has 0 aromatic rings. The highest BCUT2D eigenvalue weighted by molar-refractivity contribution is 7.94. The van der Waals surface area contributed by atoms with Crippen molar-refractivity contribution in [1.82, 2.24) is 0 Å². The summed E-state index contributed by atoms with van der Waals surface area (Å²) in [4.78, 5) is 0. The van der Waals surface area contributed by atoms with E-state index in [0.29, 0.717) is 0 Å². The van der Waals surface area contributed by atoms with E-state index in [0.717, 1.165) is 12.0 Å². The van der Waals surface area contributed by atoms with E-state index in [1.807, 2.05) is 0 Å². The summed E-state index contributed by atoms with van der Waals surface area (Å²) in [6.45, 7) is -1.29. The van der Waals surface area contributed by atoms with E-state index in [-0.39, 0.29) is 12.4 Å². The molecule has 0 aliphatic carbocycles. The Bertz CT molecular complexity index is 217. The van der Waals surface area contributed by atoms with Crippen molar-refractivity contribution in [1.29, 1.82) is 0 Å². The number of aliphatic hydroxyl groups excluding tert-OH is 5. The minimum absolute atomic E-state index is 0.131. The standard InChI is InChI=1S/C8H16O7S/c9-1-2-16-15-8(4-11)7(13)6(12)5(3-10)14-8/h5-7,9-13H,1-4H2/t5-,6-,7+,8-/m1/s1. The van der Waals surface area contributed by atoms with Gasteiger partial charge in [0.05, 0.1) is 13.2 Å². The van der Waals surface area contributed by atoms with Crippen molar-refractivity contribution in [3.05, 3.63) is 0 Å². The highest BCUT2D eigenvalue weighted by Crippen LogP contribution is 2.35. The van der Waals surface area contributed by atoms with Crippen molar-refractivity contribution < 1.29 is 34.5 Å². The molecule has 1 rings (SSSR count). The van der Waals surface area contributed by atoms with Gasteiger partial charge in [0.25, 0.3) is 0 Å². The Morgan fingerprint density at radius 3 is 2.38 bits per heavy atom. The summed E-state index contributed by atoms with van der Waals surface area (Å²) >= 11 is 0.805. The molecule has 4 atom stereocenters. The van der Waals surface area contributed by atoms with E-state index in [4.69, 9.17) is 24.2 Å². The van der Waals surface area contributed by atoms with Gasteiger partial charge in [0.2, 0.25) is 5.79 Å². The Morgan fingerprint density at radius 2 is 1.94 bits per heavy atom. The van der Waals surface area contributed by atoms with Gasteiger partial charge >= 0.3 is 0 Å². The van der Waals surface area contributed by atoms with Crippen LogP contribution in [0.5, 0.6) is 0 Å². The molecule has 0 aromatic carbocycles. The third-order valence-corrected chi connectivity index (χ3v) is 3.03. The minimum atomic E-state index is -1.76. The molecule has 8 heteroatoms. The normalized spacial score (nSPS) is 39.2. The molecule has 0 saturated carbocycles. The number of hydrogen-bond acceptors (Lipinski definition) is 8. The molecule has 0 aromatic heterocycles. The van der Waals surface area contributed by atoms with Crippen LogP contribution < -0.4 is 0 Å². The van der Waals surface area contributed by atoms with Crippen LogP contribution >= 0.6 is 12.0 Å². The molecule has 7 nitrogen and oxygen atoms in total. The van der Waals surface area contributed by atoms with Crippen LogP contribution in [0.1, 0.15) is 0 Å². The highest BCUT2D eigenvalue weighted by Gasteiger charge is 2.55. The molecule has 0 radical (unpaired) electrons. The lowest BCUT2D eigenvalue weighted by Gasteiger charge is -2.28. The van der Waals surface area contributed by atoms with Gasteiger partial charge in [-0.05, 0) is 12.0 Å². The van der Waals surface area contributed by atoms with Gasteiger partial charge in [0, 0.05) is 5.75 Å². The average Bonchev–Trinajstić information content (AvgIpc) is 2.55. The Labute approximate surface area is 96.8 Å². The summed E-state index contributed by atoms with van der Waals surface area (Å²) in [6.07, 6.45) is -3.79. The van der Waals surface area contributed by atoms with Gasteiger partial charge in [-0.3, -0.25) is 4.18 Å². The Hall–Kier alpha value is 0.0700. The van der Waals surface area contributed by atoms with Gasteiger partial charge in [-0.25, -0.2) is 0 Å². The monoisotopic (exact) mass is 256 g/mol. The van der Waals surface area contributed by atoms with Gasteiger partial charge in [0.15, 0.2) is 0 Å². The number of aliphatic hydroxyl groups is 5. The second-order valence-corrected chi connectivity index (χ2v) is 4.18. The van der Waals surface area contributed by atoms with E-state index < -0.39 is 37.3 Å². The van der Waals surface area contributed by atoms with Gasteiger partial charge in [0.1, 0.15) is 24.9 Å². The topological polar surface area (TPSA) is 120 Å². The molecule has 1 aliphatic rings. The average molecular weight is 256 g/mol. The first-order chi connectivity index (χ1) is 7.61. The molecule has 16 heavy (non-hydrogen) atoms. The molecule has 0 unspecified atom stereocenters. The van der Waals surface area contributed by atoms with Gasteiger partial charge < -0.3 is 30.3 Å². The molecule has 0 amide bonds. The largest absolute Gasteiger partial charge is 0.395 e. The molecular formula is C8H16O7S. The van der Waals surface area contributed by atoms with Crippen LogP contribution in [0.15, 0.2) is 0 Å². The second kappa shape index (κ2) is 6.12. The molecule has 1 aliphatic heterocycles. The lowest BCUT2D eigenvalue weighted by molar-refractivity contribution is -0.223. The lowest BCUT2D eigenvalue weighted by Crippen LogP contribution is -2.47. The maximum Gasteiger partial charge on any atom is 0.233 e. The van der Waals surface area contributed by atoms with Crippen LogP contribution in [-0.2, 0) is 8.92 Å². The third kappa shape index (κ3) is 2.66. The van der Waals surface area contributed by atoms with Crippen LogP contribution in [0.4, 0.5) is 0 Å². The van der Waals surface area contributed by atoms with Crippen molar-refractivity contribution >= 4 is 12.0 Å². The summed E-state index contributed by atoms with van der Waals surface area (Å²) in [5, 5.41) is 45.7. The molecular weight excluding hydrogens is 240 g/mol. The van der Waals surface area contributed by atoms with Gasteiger partial charge in [-0.15, -0.1) is 0 Å². The fraction of sp³-hybridized carbons (Fsp3) is 1.00. The quantitative estimate of drug-likeness (QED) is 0.260. The first-order valence-electron chi connectivity index (χ1n) is 4.78. The maximum atomic E-state index is 9.66. The first kappa shape index (κ1) is 14.1. The summed E-state index contributed by atoms with van der Waals surface area (Å²) in [5.74, 6) is -1.52. The Morgan fingerprint density at radius 1 is 1.25 bits per heavy atom. The third-order valence-electron chi connectivity index (χ3n) is 2.28. The second-order valence-electron chi connectivity index (χ2n) is 3.37. The highest BCUT2D eigenvalue weighted by atomic mass is 32.2. The fourth-order valence-corrected chi connectivity index (χ4v) is 1.96. The van der Waals surface area contributed by atoms with Crippen LogP contribution in [0.3, 0.4) is 0 Å². The summed E-state index contributed by atoms with van der Waals surface area (Å²) in [7, 11) is 0. The van der Waals surface area contributed by atoms with Gasteiger partial charge in [-0.2, -0.15) is 0 Å². The maximum absolute atomic E-state index is 9.66. The Balaban J connectivity index is 2.64. The first-order valence-corrected chi connectivity index (χ1v) is 5.69. The number of hydrogen-bond donors (Lipinski definition) is 5. The van der Waals surface area contributed by atoms with Crippen LogP contribution in [0.2, 0.25) is 0 Å². The lowest BCUT2D eigenvalue weighted by atomic mass is 10.1. The Kier molecular flexibility index (Phi) is 5.41. The van der Waals surface area contributed by atoms with Crippen LogP contribution in [0.25, 0.3) is 0 Å².